The zero-order valence-corrected chi connectivity index (χ0v) is 15.1. The summed E-state index contributed by atoms with van der Waals surface area (Å²) in [5, 5.41) is 20.1. The van der Waals surface area contributed by atoms with E-state index in [1.54, 1.807) is 6.07 Å². The molecule has 126 valence electrons. The van der Waals surface area contributed by atoms with Gasteiger partial charge in [-0.3, -0.25) is 0 Å². The highest BCUT2D eigenvalue weighted by atomic mass is 79.9. The van der Waals surface area contributed by atoms with Crippen molar-refractivity contribution in [2.24, 2.45) is 0 Å². The molecule has 1 unspecified atom stereocenters. The molecular weight excluding hydrogens is 391 g/mol. The van der Waals surface area contributed by atoms with E-state index in [0.29, 0.717) is 4.47 Å². The number of nitrogens with one attached hydrogen (secondary N) is 1. The fourth-order valence-corrected chi connectivity index (χ4v) is 3.82. The lowest BCUT2D eigenvalue weighted by Gasteiger charge is -2.32. The number of amides is 1. The van der Waals surface area contributed by atoms with Gasteiger partial charge in [0.15, 0.2) is 14.6 Å². The van der Waals surface area contributed by atoms with Gasteiger partial charge in [0, 0.05) is 10.0 Å². The van der Waals surface area contributed by atoms with Crippen molar-refractivity contribution in [3.63, 3.8) is 0 Å². The van der Waals surface area contributed by atoms with Gasteiger partial charge in [-0.2, -0.15) is 5.26 Å². The van der Waals surface area contributed by atoms with Gasteiger partial charge in [0.2, 0.25) is 0 Å². The van der Waals surface area contributed by atoms with Crippen molar-refractivity contribution in [1.82, 2.24) is 5.32 Å². The molecule has 0 bridgehead atoms. The molecule has 0 heterocycles. The number of rotatable bonds is 5. The molecule has 0 radical (unpaired) electrons. The standard InChI is InChI=1S/C14H16BrFN2O4S/c1-13(2,7-17)23(21,22)8-14(3,18-12(19)20)10-6-9(15)4-5-11(10)16/h4-6,18H,8H2,1-3H3,(H,19,20). The first-order chi connectivity index (χ1) is 10.3. The van der Waals surface area contributed by atoms with Crippen molar-refractivity contribution in [2.45, 2.75) is 31.1 Å². The van der Waals surface area contributed by atoms with E-state index in [4.69, 9.17) is 10.4 Å². The molecule has 1 aromatic rings. The number of halogens is 2. The van der Waals surface area contributed by atoms with E-state index < -0.39 is 37.8 Å². The zero-order valence-electron chi connectivity index (χ0n) is 12.7. The van der Waals surface area contributed by atoms with Crippen LogP contribution in [0.3, 0.4) is 0 Å². The average molecular weight is 407 g/mol. The number of sulfone groups is 1. The number of nitriles is 1. The van der Waals surface area contributed by atoms with Gasteiger partial charge < -0.3 is 10.4 Å². The second-order valence-corrected chi connectivity index (χ2v) is 9.22. The molecule has 0 aliphatic heterocycles. The van der Waals surface area contributed by atoms with Gasteiger partial charge in [-0.1, -0.05) is 15.9 Å². The van der Waals surface area contributed by atoms with Crippen molar-refractivity contribution in [2.75, 3.05) is 5.75 Å². The predicted octanol–water partition coefficient (Wildman–Crippen LogP) is 2.79. The van der Waals surface area contributed by atoms with Crippen LogP contribution in [0.15, 0.2) is 22.7 Å². The Labute approximate surface area is 142 Å². The number of carboxylic acid groups (broad SMARTS) is 1. The van der Waals surface area contributed by atoms with Gasteiger partial charge in [0.05, 0.1) is 17.4 Å². The topological polar surface area (TPSA) is 107 Å². The fourth-order valence-electron chi connectivity index (χ4n) is 1.97. The third-order valence-electron chi connectivity index (χ3n) is 3.43. The van der Waals surface area contributed by atoms with E-state index in [0.717, 1.165) is 6.07 Å². The van der Waals surface area contributed by atoms with Crippen molar-refractivity contribution in [3.8, 4) is 6.07 Å². The molecule has 0 aliphatic rings. The number of hydrogen-bond acceptors (Lipinski definition) is 4. The molecule has 9 heteroatoms. The van der Waals surface area contributed by atoms with Gasteiger partial charge >= 0.3 is 6.09 Å². The fraction of sp³-hybridized carbons (Fsp3) is 0.429. The van der Waals surface area contributed by atoms with E-state index in [1.807, 2.05) is 0 Å². The number of carbonyl (C=O) groups is 1. The Morgan fingerprint density at radius 1 is 1.43 bits per heavy atom. The van der Waals surface area contributed by atoms with Crippen molar-refractivity contribution < 1.29 is 22.7 Å². The van der Waals surface area contributed by atoms with Crippen LogP contribution < -0.4 is 5.32 Å². The normalized spacial score (nSPS) is 14.6. The van der Waals surface area contributed by atoms with Crippen LogP contribution in [0.2, 0.25) is 0 Å². The summed E-state index contributed by atoms with van der Waals surface area (Å²) in [7, 11) is -4.06. The molecule has 1 amide bonds. The summed E-state index contributed by atoms with van der Waals surface area (Å²) >= 11 is 3.14. The molecule has 0 fully saturated rings. The Kier molecular flexibility index (Phi) is 5.44. The summed E-state index contributed by atoms with van der Waals surface area (Å²) in [5.41, 5.74) is -1.89. The van der Waals surface area contributed by atoms with Crippen LogP contribution in [0.5, 0.6) is 0 Å². The quantitative estimate of drug-likeness (QED) is 0.781. The van der Waals surface area contributed by atoms with Crippen molar-refractivity contribution in [1.29, 1.82) is 5.26 Å². The third-order valence-corrected chi connectivity index (χ3v) is 6.53. The van der Waals surface area contributed by atoms with E-state index in [9.17, 15) is 17.6 Å². The summed E-state index contributed by atoms with van der Waals surface area (Å²) in [6, 6.07) is 5.49. The Balaban J connectivity index is 3.49. The second-order valence-electron chi connectivity index (χ2n) is 5.77. The molecule has 2 N–H and O–H groups in total. The molecule has 23 heavy (non-hydrogen) atoms. The SMILES string of the molecule is CC(CS(=O)(=O)C(C)(C)C#N)(NC(=O)O)c1cc(Br)ccc1F. The van der Waals surface area contributed by atoms with E-state index in [2.05, 4.69) is 21.2 Å². The molecule has 6 nitrogen and oxygen atoms in total. The van der Waals surface area contributed by atoms with Gasteiger partial charge in [0.1, 0.15) is 5.82 Å². The number of hydrogen-bond donors (Lipinski definition) is 2. The smallest absolute Gasteiger partial charge is 0.405 e. The molecular formula is C14H16BrFN2O4S. The zero-order chi connectivity index (χ0) is 18.1. The second kappa shape index (κ2) is 6.45. The third kappa shape index (κ3) is 4.20. The first-order valence-electron chi connectivity index (χ1n) is 6.45. The van der Waals surface area contributed by atoms with E-state index in [-0.39, 0.29) is 5.56 Å². The van der Waals surface area contributed by atoms with Crippen LogP contribution in [0.4, 0.5) is 9.18 Å². The summed E-state index contributed by atoms with van der Waals surface area (Å²) in [5.74, 6) is -1.52. The Morgan fingerprint density at radius 3 is 2.48 bits per heavy atom. The van der Waals surface area contributed by atoms with Crippen LogP contribution >= 0.6 is 15.9 Å². The molecule has 1 atom stereocenters. The Bertz CT molecular complexity index is 773. The lowest BCUT2D eigenvalue weighted by molar-refractivity contribution is 0.182. The molecule has 1 rings (SSSR count). The van der Waals surface area contributed by atoms with Crippen LogP contribution in [-0.2, 0) is 15.4 Å². The molecule has 1 aromatic carbocycles. The van der Waals surface area contributed by atoms with Crippen LogP contribution in [0, 0.1) is 17.1 Å². The van der Waals surface area contributed by atoms with E-state index in [1.165, 1.54) is 32.9 Å². The minimum absolute atomic E-state index is 0.133. The van der Waals surface area contributed by atoms with Gasteiger partial charge in [-0.25, -0.2) is 17.6 Å². The summed E-state index contributed by atoms with van der Waals surface area (Å²) in [6.07, 6.45) is -1.50. The average Bonchev–Trinajstić information content (AvgIpc) is 2.39. The summed E-state index contributed by atoms with van der Waals surface area (Å²) in [6.45, 7) is 3.68. The molecule has 0 aromatic heterocycles. The maximum absolute atomic E-state index is 14.2. The van der Waals surface area contributed by atoms with Crippen LogP contribution in [0.25, 0.3) is 0 Å². The first kappa shape index (κ1) is 19.4. The number of nitrogens with zero attached hydrogens (tertiary/aromatic N) is 1. The van der Waals surface area contributed by atoms with Gasteiger partial charge in [-0.05, 0) is 39.0 Å². The lowest BCUT2D eigenvalue weighted by atomic mass is 9.93. The molecule has 0 saturated heterocycles. The maximum atomic E-state index is 14.2. The lowest BCUT2D eigenvalue weighted by Crippen LogP contribution is -2.51. The van der Waals surface area contributed by atoms with Gasteiger partial charge in [-0.15, -0.1) is 0 Å². The van der Waals surface area contributed by atoms with Crippen molar-refractivity contribution in [3.05, 3.63) is 34.1 Å². The highest BCUT2D eigenvalue weighted by Crippen LogP contribution is 2.31. The Morgan fingerprint density at radius 2 is 2.00 bits per heavy atom. The largest absolute Gasteiger partial charge is 0.465 e. The molecule has 0 spiro atoms. The highest BCUT2D eigenvalue weighted by molar-refractivity contribution is 9.10. The van der Waals surface area contributed by atoms with E-state index >= 15 is 0 Å². The minimum atomic E-state index is -4.06. The first-order valence-corrected chi connectivity index (χ1v) is 8.89. The van der Waals surface area contributed by atoms with Gasteiger partial charge in [0.25, 0.3) is 0 Å². The number of benzene rings is 1. The monoisotopic (exact) mass is 406 g/mol. The van der Waals surface area contributed by atoms with Crippen LogP contribution in [-0.4, -0.2) is 30.1 Å². The van der Waals surface area contributed by atoms with Crippen molar-refractivity contribution >= 4 is 31.9 Å². The predicted molar refractivity (Wildman–Crippen MR) is 86.1 cm³/mol. The highest BCUT2D eigenvalue weighted by Gasteiger charge is 2.43. The summed E-state index contributed by atoms with van der Waals surface area (Å²) in [4.78, 5) is 11.1. The Hall–Kier alpha value is -1.66. The maximum Gasteiger partial charge on any atom is 0.405 e. The summed E-state index contributed by atoms with van der Waals surface area (Å²) < 4.78 is 37.8. The molecule has 0 saturated carbocycles. The minimum Gasteiger partial charge on any atom is -0.465 e. The van der Waals surface area contributed by atoms with Crippen LogP contribution in [0.1, 0.15) is 26.3 Å². The molecule has 0 aliphatic carbocycles.